The largest absolute Gasteiger partial charge is 0.378 e. The van der Waals surface area contributed by atoms with Gasteiger partial charge in [-0.25, -0.2) is 0 Å². The highest BCUT2D eigenvalue weighted by molar-refractivity contribution is 5.91. The molecule has 0 saturated heterocycles. The van der Waals surface area contributed by atoms with E-state index in [2.05, 4.69) is 72.0 Å². The molecule has 4 rings (SSSR count). The van der Waals surface area contributed by atoms with E-state index in [1.807, 2.05) is 0 Å². The Kier molecular flexibility index (Phi) is 2.31. The monoisotopic (exact) mass is 245 g/mol. The second kappa shape index (κ2) is 4.13. The van der Waals surface area contributed by atoms with E-state index >= 15 is 0 Å². The van der Waals surface area contributed by atoms with E-state index in [0.29, 0.717) is 6.04 Å². The van der Waals surface area contributed by atoms with Crippen molar-refractivity contribution in [3.63, 3.8) is 0 Å². The van der Waals surface area contributed by atoms with E-state index in [4.69, 9.17) is 0 Å². The summed E-state index contributed by atoms with van der Waals surface area (Å²) < 4.78 is 0. The summed E-state index contributed by atoms with van der Waals surface area (Å²) in [5.41, 5.74) is 4.10. The average Bonchev–Trinajstić information content (AvgIpc) is 2.93. The zero-order valence-electron chi connectivity index (χ0n) is 10.6. The van der Waals surface area contributed by atoms with Crippen molar-refractivity contribution < 1.29 is 0 Å². The fraction of sp³-hybridized carbons (Fsp3) is 0.111. The standard InChI is InChI=1S/C18H15N/c1-2-7-14(8-3-1)18-12-16-15-9-5-4-6-13(15)10-11-17(16)19-18/h1-11,18-19H,12H2. The van der Waals surface area contributed by atoms with Crippen LogP contribution in [-0.4, -0.2) is 0 Å². The maximum Gasteiger partial charge on any atom is 0.0555 e. The number of hydrogen-bond acceptors (Lipinski definition) is 1. The highest BCUT2D eigenvalue weighted by Crippen LogP contribution is 2.38. The number of nitrogens with one attached hydrogen (secondary N) is 1. The van der Waals surface area contributed by atoms with Gasteiger partial charge in [-0.15, -0.1) is 0 Å². The van der Waals surface area contributed by atoms with Crippen LogP contribution in [0.15, 0.2) is 66.7 Å². The lowest BCUT2D eigenvalue weighted by Gasteiger charge is -2.10. The minimum Gasteiger partial charge on any atom is -0.378 e. The van der Waals surface area contributed by atoms with Crippen LogP contribution in [0.4, 0.5) is 5.69 Å². The van der Waals surface area contributed by atoms with Crippen molar-refractivity contribution in [2.45, 2.75) is 12.5 Å². The van der Waals surface area contributed by atoms with Crippen LogP contribution < -0.4 is 5.32 Å². The first-order valence-corrected chi connectivity index (χ1v) is 6.74. The van der Waals surface area contributed by atoms with Gasteiger partial charge in [-0.3, -0.25) is 0 Å². The quantitative estimate of drug-likeness (QED) is 0.663. The Balaban J connectivity index is 1.80. The summed E-state index contributed by atoms with van der Waals surface area (Å²) in [4.78, 5) is 0. The topological polar surface area (TPSA) is 12.0 Å². The summed E-state index contributed by atoms with van der Waals surface area (Å²) in [5, 5.41) is 6.35. The third-order valence-electron chi connectivity index (χ3n) is 3.98. The van der Waals surface area contributed by atoms with Gasteiger partial charge in [0.2, 0.25) is 0 Å². The molecule has 0 amide bonds. The first kappa shape index (κ1) is 10.6. The fourth-order valence-corrected chi connectivity index (χ4v) is 3.02. The van der Waals surface area contributed by atoms with Crippen molar-refractivity contribution in [2.24, 2.45) is 0 Å². The van der Waals surface area contributed by atoms with E-state index < -0.39 is 0 Å². The van der Waals surface area contributed by atoms with Crippen molar-refractivity contribution >= 4 is 16.5 Å². The molecule has 1 heterocycles. The predicted molar refractivity (Wildman–Crippen MR) is 80.5 cm³/mol. The van der Waals surface area contributed by atoms with Gasteiger partial charge in [-0.2, -0.15) is 0 Å². The van der Waals surface area contributed by atoms with Crippen molar-refractivity contribution in [1.29, 1.82) is 0 Å². The predicted octanol–water partition coefficient (Wildman–Crippen LogP) is 4.55. The molecule has 0 fully saturated rings. The molecule has 0 aliphatic carbocycles. The Hall–Kier alpha value is -2.28. The molecule has 0 saturated carbocycles. The first-order chi connectivity index (χ1) is 9.42. The summed E-state index contributed by atoms with van der Waals surface area (Å²) in [6.45, 7) is 0. The number of fused-ring (bicyclic) bond motifs is 3. The smallest absolute Gasteiger partial charge is 0.0555 e. The molecular weight excluding hydrogens is 230 g/mol. The Labute approximate surface area is 112 Å². The van der Waals surface area contributed by atoms with Crippen LogP contribution in [0.3, 0.4) is 0 Å². The average molecular weight is 245 g/mol. The molecule has 0 spiro atoms. The number of hydrogen-bond donors (Lipinski definition) is 1. The van der Waals surface area contributed by atoms with Crippen molar-refractivity contribution in [1.82, 2.24) is 0 Å². The molecular formula is C18H15N. The van der Waals surface area contributed by atoms with Gasteiger partial charge in [0.15, 0.2) is 0 Å². The molecule has 19 heavy (non-hydrogen) atoms. The highest BCUT2D eigenvalue weighted by atomic mass is 14.9. The third-order valence-corrected chi connectivity index (χ3v) is 3.98. The maximum absolute atomic E-state index is 3.64. The van der Waals surface area contributed by atoms with Gasteiger partial charge in [0.1, 0.15) is 0 Å². The number of anilines is 1. The van der Waals surface area contributed by atoms with Gasteiger partial charge in [0.25, 0.3) is 0 Å². The highest BCUT2D eigenvalue weighted by Gasteiger charge is 2.23. The molecule has 1 aliphatic heterocycles. The second-order valence-electron chi connectivity index (χ2n) is 5.12. The van der Waals surface area contributed by atoms with Gasteiger partial charge in [0.05, 0.1) is 6.04 Å². The lowest BCUT2D eigenvalue weighted by Crippen LogP contribution is -2.04. The maximum atomic E-state index is 3.64. The van der Waals surface area contributed by atoms with Crippen LogP contribution in [0.5, 0.6) is 0 Å². The van der Waals surface area contributed by atoms with Crippen LogP contribution in [0.1, 0.15) is 17.2 Å². The lowest BCUT2D eigenvalue weighted by atomic mass is 9.98. The molecule has 92 valence electrons. The molecule has 1 N–H and O–H groups in total. The third kappa shape index (κ3) is 1.70. The molecule has 0 aromatic heterocycles. The Morgan fingerprint density at radius 2 is 1.58 bits per heavy atom. The van der Waals surface area contributed by atoms with Crippen LogP contribution >= 0.6 is 0 Å². The van der Waals surface area contributed by atoms with Crippen molar-refractivity contribution in [2.75, 3.05) is 5.32 Å². The summed E-state index contributed by atoms with van der Waals surface area (Å²) in [6.07, 6.45) is 1.07. The Morgan fingerprint density at radius 3 is 2.47 bits per heavy atom. The van der Waals surface area contributed by atoms with Gasteiger partial charge < -0.3 is 5.32 Å². The molecule has 0 bridgehead atoms. The summed E-state index contributed by atoms with van der Waals surface area (Å²) in [7, 11) is 0. The Morgan fingerprint density at radius 1 is 0.789 bits per heavy atom. The molecule has 1 atom stereocenters. The van der Waals surface area contributed by atoms with Crippen molar-refractivity contribution in [3.05, 3.63) is 77.9 Å². The lowest BCUT2D eigenvalue weighted by molar-refractivity contribution is 0.827. The molecule has 3 aromatic rings. The van der Waals surface area contributed by atoms with Crippen LogP contribution in [0.25, 0.3) is 10.8 Å². The number of benzene rings is 3. The van der Waals surface area contributed by atoms with Gasteiger partial charge >= 0.3 is 0 Å². The Bertz CT molecular complexity index is 731. The van der Waals surface area contributed by atoms with Gasteiger partial charge in [-0.1, -0.05) is 60.7 Å². The summed E-state index contributed by atoms with van der Waals surface area (Å²) in [5.74, 6) is 0. The zero-order chi connectivity index (χ0) is 12.7. The van der Waals surface area contributed by atoms with Crippen LogP contribution in [0, 0.1) is 0 Å². The van der Waals surface area contributed by atoms with Gasteiger partial charge in [-0.05, 0) is 34.4 Å². The van der Waals surface area contributed by atoms with E-state index in [0.717, 1.165) is 6.42 Å². The second-order valence-corrected chi connectivity index (χ2v) is 5.12. The normalized spacial score (nSPS) is 17.2. The molecule has 3 aromatic carbocycles. The molecule has 1 heteroatoms. The molecule has 1 nitrogen and oxygen atoms in total. The molecule has 1 aliphatic rings. The van der Waals surface area contributed by atoms with Crippen LogP contribution in [0.2, 0.25) is 0 Å². The molecule has 0 radical (unpaired) electrons. The minimum atomic E-state index is 0.405. The van der Waals surface area contributed by atoms with Gasteiger partial charge in [0, 0.05) is 5.69 Å². The summed E-state index contributed by atoms with van der Waals surface area (Å²) in [6, 6.07) is 24.1. The van der Waals surface area contributed by atoms with Crippen LogP contribution in [-0.2, 0) is 6.42 Å². The fourth-order valence-electron chi connectivity index (χ4n) is 3.02. The first-order valence-electron chi connectivity index (χ1n) is 6.74. The number of rotatable bonds is 1. The van der Waals surface area contributed by atoms with E-state index in [9.17, 15) is 0 Å². The van der Waals surface area contributed by atoms with E-state index in [1.54, 1.807) is 0 Å². The molecule has 1 unspecified atom stereocenters. The van der Waals surface area contributed by atoms with Crippen molar-refractivity contribution in [3.8, 4) is 0 Å². The van der Waals surface area contributed by atoms with E-state index in [-0.39, 0.29) is 0 Å². The SMILES string of the molecule is c1ccc(C2Cc3c(ccc4ccccc34)N2)cc1. The minimum absolute atomic E-state index is 0.405. The zero-order valence-corrected chi connectivity index (χ0v) is 10.6. The van der Waals surface area contributed by atoms with E-state index in [1.165, 1.54) is 27.6 Å². The summed E-state index contributed by atoms with van der Waals surface area (Å²) >= 11 is 0.